The highest BCUT2D eigenvalue weighted by molar-refractivity contribution is 5.87. The second-order valence-corrected chi connectivity index (χ2v) is 6.95. The van der Waals surface area contributed by atoms with Gasteiger partial charge in [0.05, 0.1) is 0 Å². The summed E-state index contributed by atoms with van der Waals surface area (Å²) in [4.78, 5) is 12.2. The normalized spacial score (nSPS) is 24.4. The van der Waals surface area contributed by atoms with Crippen LogP contribution < -0.4 is 0 Å². The first-order valence-corrected chi connectivity index (χ1v) is 7.75. The van der Waals surface area contributed by atoms with E-state index in [1.807, 2.05) is 6.07 Å². The van der Waals surface area contributed by atoms with Crippen molar-refractivity contribution < 1.29 is 9.53 Å². The lowest BCUT2D eigenvalue weighted by Crippen LogP contribution is -2.45. The van der Waals surface area contributed by atoms with Crippen molar-refractivity contribution >= 4 is 5.97 Å². The topological polar surface area (TPSA) is 26.3 Å². The molecule has 0 N–H and O–H groups in total. The molecule has 2 heteroatoms. The van der Waals surface area contributed by atoms with Gasteiger partial charge in [-0.05, 0) is 44.2 Å². The van der Waals surface area contributed by atoms with E-state index in [9.17, 15) is 4.79 Å². The summed E-state index contributed by atoms with van der Waals surface area (Å²) in [6, 6.07) is 8.36. The van der Waals surface area contributed by atoms with Crippen LogP contribution in [0.4, 0.5) is 0 Å². The van der Waals surface area contributed by atoms with Gasteiger partial charge in [0.1, 0.15) is 5.60 Å². The molecule has 0 aliphatic heterocycles. The van der Waals surface area contributed by atoms with Gasteiger partial charge < -0.3 is 4.74 Å². The van der Waals surface area contributed by atoms with Crippen molar-refractivity contribution in [3.05, 3.63) is 47.5 Å². The van der Waals surface area contributed by atoms with Gasteiger partial charge >= 0.3 is 5.97 Å². The Morgan fingerprint density at radius 2 is 1.86 bits per heavy atom. The van der Waals surface area contributed by atoms with Crippen LogP contribution in [-0.4, -0.2) is 5.97 Å². The van der Waals surface area contributed by atoms with Crippen molar-refractivity contribution in [2.75, 3.05) is 0 Å². The third-order valence-corrected chi connectivity index (χ3v) is 4.97. The molecule has 1 aliphatic rings. The Kier molecular flexibility index (Phi) is 4.27. The molecule has 1 atom stereocenters. The Morgan fingerprint density at radius 3 is 2.52 bits per heavy atom. The molecule has 0 radical (unpaired) electrons. The van der Waals surface area contributed by atoms with E-state index >= 15 is 0 Å². The van der Waals surface area contributed by atoms with Crippen LogP contribution >= 0.6 is 0 Å². The molecule has 0 heterocycles. The first kappa shape index (κ1) is 15.8. The Balaban J connectivity index is 2.56. The number of esters is 1. The Bertz CT molecular complexity index is 556. The Labute approximate surface area is 128 Å². The zero-order chi connectivity index (χ0) is 15.7. The van der Waals surface area contributed by atoms with Gasteiger partial charge in [-0.3, -0.25) is 0 Å². The third-order valence-electron chi connectivity index (χ3n) is 4.97. The maximum Gasteiger partial charge on any atom is 0.334 e. The molecule has 0 spiro atoms. The Hall–Kier alpha value is -1.57. The van der Waals surface area contributed by atoms with Crippen LogP contribution in [0.25, 0.3) is 0 Å². The minimum Gasteiger partial charge on any atom is -0.451 e. The zero-order valence-corrected chi connectivity index (χ0v) is 13.7. The van der Waals surface area contributed by atoms with Crippen LogP contribution in [0, 0.1) is 5.41 Å². The van der Waals surface area contributed by atoms with Gasteiger partial charge in [0, 0.05) is 11.0 Å². The highest BCUT2D eigenvalue weighted by Gasteiger charge is 2.47. The lowest BCUT2D eigenvalue weighted by Gasteiger charge is -2.46. The van der Waals surface area contributed by atoms with Crippen LogP contribution in [-0.2, 0) is 21.6 Å². The van der Waals surface area contributed by atoms with Crippen LogP contribution in [0.5, 0.6) is 0 Å². The van der Waals surface area contributed by atoms with Gasteiger partial charge in [-0.2, -0.15) is 0 Å². The fraction of sp³-hybridized carbons (Fsp3) is 0.526. The van der Waals surface area contributed by atoms with Crippen LogP contribution in [0.2, 0.25) is 0 Å². The van der Waals surface area contributed by atoms with Crippen LogP contribution in [0.15, 0.2) is 36.4 Å². The molecular weight excluding hydrogens is 260 g/mol. The van der Waals surface area contributed by atoms with E-state index in [4.69, 9.17) is 4.74 Å². The summed E-state index contributed by atoms with van der Waals surface area (Å²) >= 11 is 0. The molecular formula is C19H26O2. The van der Waals surface area contributed by atoms with Gasteiger partial charge in [0.15, 0.2) is 0 Å². The molecule has 0 saturated heterocycles. The van der Waals surface area contributed by atoms with E-state index in [0.717, 1.165) is 24.8 Å². The fourth-order valence-electron chi connectivity index (χ4n) is 3.15. The number of benzene rings is 1. The summed E-state index contributed by atoms with van der Waals surface area (Å²) in [5, 5.41) is 0. The van der Waals surface area contributed by atoms with Crippen molar-refractivity contribution in [3.63, 3.8) is 0 Å². The number of carbonyl (C=O) groups excluding carboxylic acids is 1. The number of hydrogen-bond acceptors (Lipinski definition) is 2. The van der Waals surface area contributed by atoms with Crippen LogP contribution in [0.1, 0.15) is 58.1 Å². The minimum absolute atomic E-state index is 0.116. The first-order chi connectivity index (χ1) is 9.78. The molecule has 2 rings (SSSR count). The second-order valence-electron chi connectivity index (χ2n) is 6.95. The Morgan fingerprint density at radius 1 is 1.19 bits per heavy atom. The maximum atomic E-state index is 12.2. The highest BCUT2D eigenvalue weighted by atomic mass is 16.6. The number of fused-ring (bicyclic) bond motifs is 1. The molecule has 1 aliphatic carbocycles. The number of carbonyl (C=O) groups is 1. The molecule has 1 unspecified atom stereocenters. The molecule has 1 aromatic carbocycles. The van der Waals surface area contributed by atoms with E-state index in [1.54, 1.807) is 6.92 Å². The lowest BCUT2D eigenvalue weighted by atomic mass is 9.66. The number of ether oxygens (including phenoxy) is 1. The molecule has 21 heavy (non-hydrogen) atoms. The van der Waals surface area contributed by atoms with E-state index in [-0.39, 0.29) is 11.4 Å². The molecule has 2 nitrogen and oxygen atoms in total. The largest absolute Gasteiger partial charge is 0.451 e. The molecule has 0 fully saturated rings. The van der Waals surface area contributed by atoms with Gasteiger partial charge in [0.25, 0.3) is 0 Å². The van der Waals surface area contributed by atoms with Gasteiger partial charge in [-0.25, -0.2) is 4.79 Å². The van der Waals surface area contributed by atoms with E-state index in [2.05, 4.69) is 45.5 Å². The smallest absolute Gasteiger partial charge is 0.334 e. The quantitative estimate of drug-likeness (QED) is 0.578. The highest BCUT2D eigenvalue weighted by Crippen LogP contribution is 2.48. The SMILES string of the molecule is C=C(C)C(=O)OC1(C)c2ccccc2CCCCC1(C)C. The summed E-state index contributed by atoms with van der Waals surface area (Å²) in [6.07, 6.45) is 4.43. The van der Waals surface area contributed by atoms with Gasteiger partial charge in [0.2, 0.25) is 0 Å². The van der Waals surface area contributed by atoms with E-state index in [0.29, 0.717) is 5.57 Å². The van der Waals surface area contributed by atoms with Crippen molar-refractivity contribution in [1.29, 1.82) is 0 Å². The predicted octanol–water partition coefficient (Wildman–Crippen LogP) is 4.77. The minimum atomic E-state index is -0.625. The van der Waals surface area contributed by atoms with Gasteiger partial charge in [-0.15, -0.1) is 0 Å². The summed E-state index contributed by atoms with van der Waals surface area (Å²) in [5.74, 6) is -0.305. The lowest BCUT2D eigenvalue weighted by molar-refractivity contribution is -0.170. The van der Waals surface area contributed by atoms with Crippen LogP contribution in [0.3, 0.4) is 0 Å². The first-order valence-electron chi connectivity index (χ1n) is 7.75. The summed E-state index contributed by atoms with van der Waals surface area (Å²) in [6.45, 7) is 11.9. The molecule has 0 aromatic heterocycles. The summed E-state index contributed by atoms with van der Waals surface area (Å²) in [5.41, 5.74) is 2.15. The number of rotatable bonds is 2. The molecule has 0 saturated carbocycles. The average molecular weight is 286 g/mol. The van der Waals surface area contributed by atoms with Gasteiger partial charge in [-0.1, -0.05) is 51.1 Å². The summed E-state index contributed by atoms with van der Waals surface area (Å²) in [7, 11) is 0. The van der Waals surface area contributed by atoms with E-state index in [1.165, 1.54) is 12.0 Å². The predicted molar refractivity (Wildman–Crippen MR) is 86.0 cm³/mol. The fourth-order valence-corrected chi connectivity index (χ4v) is 3.15. The molecule has 0 bridgehead atoms. The van der Waals surface area contributed by atoms with E-state index < -0.39 is 5.60 Å². The zero-order valence-electron chi connectivity index (χ0n) is 13.7. The number of hydrogen-bond donors (Lipinski definition) is 0. The average Bonchev–Trinajstić information content (AvgIpc) is 2.42. The second kappa shape index (κ2) is 5.67. The molecule has 114 valence electrons. The summed E-state index contributed by atoms with van der Waals surface area (Å²) < 4.78 is 5.98. The van der Waals surface area contributed by atoms with Crippen molar-refractivity contribution in [2.24, 2.45) is 5.41 Å². The maximum absolute atomic E-state index is 12.2. The van der Waals surface area contributed by atoms with Crippen molar-refractivity contribution in [1.82, 2.24) is 0 Å². The van der Waals surface area contributed by atoms with Crippen molar-refractivity contribution in [2.45, 2.75) is 59.0 Å². The molecule has 0 amide bonds. The number of aryl methyl sites for hydroxylation is 1. The standard InChI is InChI=1S/C19H26O2/c1-14(2)17(20)21-19(5)16-12-7-6-10-15(16)11-8-9-13-18(19,3)4/h6-7,10,12H,1,8-9,11,13H2,2-5H3. The van der Waals surface area contributed by atoms with Crippen molar-refractivity contribution in [3.8, 4) is 0 Å². The molecule has 1 aromatic rings. The third kappa shape index (κ3) is 2.90. The monoisotopic (exact) mass is 286 g/mol.